The molecule has 1 amide bonds. The lowest BCUT2D eigenvalue weighted by Gasteiger charge is -2.07. The van der Waals surface area contributed by atoms with Crippen LogP contribution >= 0.6 is 0 Å². The molecule has 104 valence electrons. The van der Waals surface area contributed by atoms with Gasteiger partial charge in [0.05, 0.1) is 12.4 Å². The maximum absolute atomic E-state index is 11.6. The number of sulfonamides is 1. The van der Waals surface area contributed by atoms with Gasteiger partial charge in [0.1, 0.15) is 0 Å². The number of hydrazine groups is 1. The summed E-state index contributed by atoms with van der Waals surface area (Å²) in [5, 5.41) is 0. The van der Waals surface area contributed by atoms with Gasteiger partial charge in [0, 0.05) is 0 Å². The fourth-order valence-electron chi connectivity index (χ4n) is 1.20. The molecule has 1 aromatic carbocycles. The van der Waals surface area contributed by atoms with Crippen LogP contribution in [0.2, 0.25) is 0 Å². The van der Waals surface area contributed by atoms with E-state index in [1.807, 2.05) is 4.83 Å². The van der Waals surface area contributed by atoms with Crippen molar-refractivity contribution >= 4 is 21.9 Å². The Labute approximate surface area is 111 Å². The molecule has 0 saturated carbocycles. The summed E-state index contributed by atoms with van der Waals surface area (Å²) in [6.07, 6.45) is 0. The molecule has 0 radical (unpaired) electrons. The number of carbonyl (C=O) groups is 2. The van der Waals surface area contributed by atoms with E-state index in [9.17, 15) is 18.0 Å². The van der Waals surface area contributed by atoms with Crippen molar-refractivity contribution in [2.75, 3.05) is 6.61 Å². The predicted octanol–water partition coefficient (Wildman–Crippen LogP) is -0.300. The summed E-state index contributed by atoms with van der Waals surface area (Å²) in [7, 11) is -3.77. The number of rotatable bonds is 5. The fourth-order valence-corrected chi connectivity index (χ4v) is 2.15. The van der Waals surface area contributed by atoms with Crippen molar-refractivity contribution in [1.29, 1.82) is 0 Å². The Morgan fingerprint density at radius 1 is 1.21 bits per heavy atom. The van der Waals surface area contributed by atoms with Crippen molar-refractivity contribution in [2.24, 2.45) is 0 Å². The summed E-state index contributed by atoms with van der Waals surface area (Å²) >= 11 is 0. The highest BCUT2D eigenvalue weighted by Crippen LogP contribution is 2.03. The molecule has 0 aliphatic carbocycles. The Kier molecular flexibility index (Phi) is 5.46. The molecule has 0 fully saturated rings. The molecular weight excluding hydrogens is 272 g/mol. The summed E-state index contributed by atoms with van der Waals surface area (Å²) in [6.45, 7) is 1.56. The lowest BCUT2D eigenvalue weighted by Crippen LogP contribution is -2.45. The number of amides is 1. The zero-order valence-electron chi connectivity index (χ0n) is 10.3. The van der Waals surface area contributed by atoms with Gasteiger partial charge in [-0.1, -0.05) is 30.3 Å². The van der Waals surface area contributed by atoms with Crippen LogP contribution in [-0.2, 0) is 30.1 Å². The molecule has 2 N–H and O–H groups in total. The lowest BCUT2D eigenvalue weighted by molar-refractivity contribution is -0.154. The third-order valence-electron chi connectivity index (χ3n) is 1.98. The third kappa shape index (κ3) is 5.49. The molecule has 0 aliphatic rings. The first-order chi connectivity index (χ1) is 8.94. The van der Waals surface area contributed by atoms with Crippen molar-refractivity contribution < 1.29 is 22.7 Å². The van der Waals surface area contributed by atoms with Gasteiger partial charge >= 0.3 is 11.9 Å². The van der Waals surface area contributed by atoms with Crippen LogP contribution < -0.4 is 10.3 Å². The molecule has 8 heteroatoms. The standard InChI is InChI=1S/C11H14N2O5S/c1-2-18-11(15)10(14)12-13-19(16,17)8-9-6-4-3-5-7-9/h3-7,13H,2,8H2,1H3,(H,12,14). The maximum Gasteiger partial charge on any atom is 0.398 e. The second-order valence-corrected chi connectivity index (χ2v) is 5.24. The smallest absolute Gasteiger partial charge is 0.398 e. The van der Waals surface area contributed by atoms with E-state index in [2.05, 4.69) is 4.74 Å². The zero-order chi connectivity index (χ0) is 14.3. The zero-order valence-corrected chi connectivity index (χ0v) is 11.1. The summed E-state index contributed by atoms with van der Waals surface area (Å²) in [4.78, 5) is 23.9. The fraction of sp³-hybridized carbons (Fsp3) is 0.273. The van der Waals surface area contributed by atoms with Crippen LogP contribution in [0.3, 0.4) is 0 Å². The SMILES string of the molecule is CCOC(=O)C(=O)NNS(=O)(=O)Cc1ccccc1. The second kappa shape index (κ2) is 6.86. The van der Waals surface area contributed by atoms with Crippen LogP contribution in [-0.4, -0.2) is 26.9 Å². The molecule has 0 saturated heterocycles. The van der Waals surface area contributed by atoms with Gasteiger partial charge in [-0.05, 0) is 12.5 Å². The van der Waals surface area contributed by atoms with Gasteiger partial charge in [-0.2, -0.15) is 0 Å². The molecule has 19 heavy (non-hydrogen) atoms. The van der Waals surface area contributed by atoms with E-state index in [1.165, 1.54) is 6.92 Å². The van der Waals surface area contributed by atoms with Crippen LogP contribution in [0.4, 0.5) is 0 Å². The van der Waals surface area contributed by atoms with E-state index in [0.717, 1.165) is 0 Å². The largest absolute Gasteiger partial charge is 0.459 e. The molecule has 0 aromatic heterocycles. The molecule has 7 nitrogen and oxygen atoms in total. The maximum atomic E-state index is 11.6. The monoisotopic (exact) mass is 286 g/mol. The minimum atomic E-state index is -3.77. The van der Waals surface area contributed by atoms with E-state index in [0.29, 0.717) is 5.56 Å². The van der Waals surface area contributed by atoms with Gasteiger partial charge in [0.2, 0.25) is 10.0 Å². The molecule has 0 spiro atoms. The highest BCUT2D eigenvalue weighted by Gasteiger charge is 2.18. The van der Waals surface area contributed by atoms with Gasteiger partial charge in [0.25, 0.3) is 0 Å². The number of ether oxygens (including phenoxy) is 1. The van der Waals surface area contributed by atoms with Crippen LogP contribution in [0.25, 0.3) is 0 Å². The predicted molar refractivity (Wildman–Crippen MR) is 67.0 cm³/mol. The van der Waals surface area contributed by atoms with E-state index in [4.69, 9.17) is 0 Å². The third-order valence-corrected chi connectivity index (χ3v) is 3.11. The Morgan fingerprint density at radius 2 is 1.84 bits per heavy atom. The normalized spacial score (nSPS) is 10.8. The molecule has 1 rings (SSSR count). The lowest BCUT2D eigenvalue weighted by atomic mass is 10.2. The topological polar surface area (TPSA) is 102 Å². The van der Waals surface area contributed by atoms with Gasteiger partial charge in [0.15, 0.2) is 0 Å². The molecular formula is C11H14N2O5S. The van der Waals surface area contributed by atoms with E-state index in [1.54, 1.807) is 35.8 Å². The van der Waals surface area contributed by atoms with Crippen LogP contribution in [0.15, 0.2) is 30.3 Å². The molecule has 0 heterocycles. The summed E-state index contributed by atoms with van der Waals surface area (Å²) < 4.78 is 27.6. The van der Waals surface area contributed by atoms with Crippen molar-refractivity contribution in [2.45, 2.75) is 12.7 Å². The number of nitrogens with one attached hydrogen (secondary N) is 2. The van der Waals surface area contributed by atoms with Gasteiger partial charge in [-0.3, -0.25) is 10.2 Å². The molecule has 0 bridgehead atoms. The Hall–Kier alpha value is -1.93. The first-order valence-electron chi connectivity index (χ1n) is 5.45. The van der Waals surface area contributed by atoms with Crippen molar-refractivity contribution in [1.82, 2.24) is 10.3 Å². The molecule has 0 atom stereocenters. The van der Waals surface area contributed by atoms with Gasteiger partial charge in [-0.25, -0.2) is 13.2 Å². The highest BCUT2D eigenvalue weighted by atomic mass is 32.2. The van der Waals surface area contributed by atoms with Gasteiger partial charge < -0.3 is 4.74 Å². The first kappa shape index (κ1) is 15.1. The summed E-state index contributed by atoms with van der Waals surface area (Å²) in [5.41, 5.74) is 2.33. The average Bonchev–Trinajstić information content (AvgIpc) is 2.37. The summed E-state index contributed by atoms with van der Waals surface area (Å²) in [5.74, 6) is -2.62. The quantitative estimate of drug-likeness (QED) is 0.439. The number of benzene rings is 1. The Bertz CT molecular complexity index is 541. The van der Waals surface area contributed by atoms with E-state index < -0.39 is 21.9 Å². The number of hydrogen-bond acceptors (Lipinski definition) is 5. The molecule has 1 aromatic rings. The van der Waals surface area contributed by atoms with Crippen LogP contribution in [0.5, 0.6) is 0 Å². The minimum absolute atomic E-state index is 0.0308. The highest BCUT2D eigenvalue weighted by molar-refractivity contribution is 7.88. The Morgan fingerprint density at radius 3 is 2.42 bits per heavy atom. The van der Waals surface area contributed by atoms with Crippen molar-refractivity contribution in [3.63, 3.8) is 0 Å². The molecule has 0 aliphatic heterocycles. The number of esters is 1. The van der Waals surface area contributed by atoms with Crippen LogP contribution in [0.1, 0.15) is 12.5 Å². The number of hydrogen-bond donors (Lipinski definition) is 2. The van der Waals surface area contributed by atoms with Crippen LogP contribution in [0, 0.1) is 0 Å². The minimum Gasteiger partial charge on any atom is -0.459 e. The Balaban J connectivity index is 2.52. The molecule has 0 unspecified atom stereocenters. The van der Waals surface area contributed by atoms with Crippen molar-refractivity contribution in [3.8, 4) is 0 Å². The van der Waals surface area contributed by atoms with Crippen molar-refractivity contribution in [3.05, 3.63) is 35.9 Å². The average molecular weight is 286 g/mol. The van der Waals surface area contributed by atoms with E-state index in [-0.39, 0.29) is 12.4 Å². The first-order valence-corrected chi connectivity index (χ1v) is 7.10. The van der Waals surface area contributed by atoms with Gasteiger partial charge in [-0.15, -0.1) is 4.83 Å². The van der Waals surface area contributed by atoms with E-state index >= 15 is 0 Å². The number of carbonyl (C=O) groups excluding carboxylic acids is 2. The second-order valence-electron chi connectivity index (χ2n) is 3.52. The summed E-state index contributed by atoms with van der Waals surface area (Å²) in [6, 6.07) is 8.41.